The molecule has 3 amide bonds. The van der Waals surface area contributed by atoms with Gasteiger partial charge in [-0.05, 0) is 13.3 Å². The van der Waals surface area contributed by atoms with Crippen molar-refractivity contribution < 1.29 is 14.3 Å². The highest BCUT2D eigenvalue weighted by molar-refractivity contribution is 5.76. The fourth-order valence-electron chi connectivity index (χ4n) is 1.60. The average molecular weight is 255 g/mol. The van der Waals surface area contributed by atoms with E-state index in [4.69, 9.17) is 0 Å². The van der Waals surface area contributed by atoms with Crippen molar-refractivity contribution in [3.05, 3.63) is 11.8 Å². The molecule has 6 heteroatoms. The molecule has 102 valence electrons. The summed E-state index contributed by atoms with van der Waals surface area (Å²) < 4.78 is 4.64. The van der Waals surface area contributed by atoms with Gasteiger partial charge >= 0.3 is 12.1 Å². The van der Waals surface area contributed by atoms with Crippen LogP contribution < -0.4 is 5.32 Å². The van der Waals surface area contributed by atoms with Gasteiger partial charge in [-0.3, -0.25) is 0 Å². The van der Waals surface area contributed by atoms with Crippen LogP contribution in [0.5, 0.6) is 0 Å². The summed E-state index contributed by atoms with van der Waals surface area (Å²) in [6.07, 6.45) is 2.31. The van der Waals surface area contributed by atoms with Crippen molar-refractivity contribution in [1.82, 2.24) is 15.1 Å². The molecule has 1 fully saturated rings. The lowest BCUT2D eigenvalue weighted by molar-refractivity contribution is 0.0976. The summed E-state index contributed by atoms with van der Waals surface area (Å²) in [5, 5.41) is 2.75. The molecule has 1 aliphatic heterocycles. The maximum atomic E-state index is 11.8. The van der Waals surface area contributed by atoms with Crippen molar-refractivity contribution in [3.63, 3.8) is 0 Å². The Morgan fingerprint density at radius 3 is 2.28 bits per heavy atom. The maximum absolute atomic E-state index is 11.8. The lowest BCUT2D eigenvalue weighted by atomic mass is 10.2. The molecular weight excluding hydrogens is 234 g/mol. The van der Waals surface area contributed by atoms with E-state index in [9.17, 15) is 9.59 Å². The van der Waals surface area contributed by atoms with Gasteiger partial charge in [0.2, 0.25) is 0 Å². The van der Waals surface area contributed by atoms with E-state index >= 15 is 0 Å². The first-order valence-electron chi connectivity index (χ1n) is 6.12. The highest BCUT2D eigenvalue weighted by Crippen LogP contribution is 2.04. The van der Waals surface area contributed by atoms with Crippen molar-refractivity contribution in [1.29, 1.82) is 0 Å². The van der Waals surface area contributed by atoms with Gasteiger partial charge in [0.15, 0.2) is 0 Å². The third-order valence-corrected chi connectivity index (χ3v) is 3.00. The third kappa shape index (κ3) is 3.94. The van der Waals surface area contributed by atoms with Gasteiger partial charge in [0.25, 0.3) is 0 Å². The second-order valence-electron chi connectivity index (χ2n) is 4.24. The first-order valence-corrected chi connectivity index (χ1v) is 6.12. The van der Waals surface area contributed by atoms with Gasteiger partial charge in [-0.25, -0.2) is 9.59 Å². The van der Waals surface area contributed by atoms with Crippen LogP contribution in [-0.4, -0.2) is 55.2 Å². The molecule has 0 aromatic heterocycles. The van der Waals surface area contributed by atoms with Crippen LogP contribution in [0.15, 0.2) is 11.8 Å². The molecule has 0 spiro atoms. The molecule has 0 aliphatic carbocycles. The SMILES string of the molecule is CC/C(C)=C/NC(=O)N1CCN(C(=O)OC)CC1. The highest BCUT2D eigenvalue weighted by atomic mass is 16.5. The van der Waals surface area contributed by atoms with Gasteiger partial charge in [0.1, 0.15) is 0 Å². The molecule has 0 bridgehead atoms. The zero-order valence-electron chi connectivity index (χ0n) is 11.2. The van der Waals surface area contributed by atoms with E-state index in [0.29, 0.717) is 26.2 Å². The van der Waals surface area contributed by atoms with Crippen LogP contribution in [0, 0.1) is 0 Å². The summed E-state index contributed by atoms with van der Waals surface area (Å²) in [6.45, 7) is 6.08. The minimum Gasteiger partial charge on any atom is -0.453 e. The number of carbonyl (C=O) groups is 2. The number of rotatable bonds is 2. The Kier molecular flexibility index (Phi) is 5.48. The second-order valence-corrected chi connectivity index (χ2v) is 4.24. The van der Waals surface area contributed by atoms with Gasteiger partial charge in [0, 0.05) is 32.4 Å². The summed E-state index contributed by atoms with van der Waals surface area (Å²) in [4.78, 5) is 26.4. The van der Waals surface area contributed by atoms with Crippen molar-refractivity contribution in [2.24, 2.45) is 0 Å². The van der Waals surface area contributed by atoms with Gasteiger partial charge < -0.3 is 19.9 Å². The number of nitrogens with zero attached hydrogens (tertiary/aromatic N) is 2. The molecule has 1 saturated heterocycles. The minimum absolute atomic E-state index is 0.118. The molecule has 0 atom stereocenters. The zero-order chi connectivity index (χ0) is 13.5. The van der Waals surface area contributed by atoms with Crippen LogP contribution in [0.25, 0.3) is 0 Å². The molecular formula is C12H21N3O3. The van der Waals surface area contributed by atoms with Crippen LogP contribution in [-0.2, 0) is 4.74 Å². The summed E-state index contributed by atoms with van der Waals surface area (Å²) in [7, 11) is 1.36. The Bertz CT molecular complexity index is 333. The number of urea groups is 1. The smallest absolute Gasteiger partial charge is 0.409 e. The van der Waals surface area contributed by atoms with E-state index in [1.807, 2.05) is 13.8 Å². The Balaban J connectivity index is 2.38. The molecule has 0 radical (unpaired) electrons. The van der Waals surface area contributed by atoms with Gasteiger partial charge in [-0.1, -0.05) is 12.5 Å². The van der Waals surface area contributed by atoms with Crippen molar-refractivity contribution in [2.45, 2.75) is 20.3 Å². The fourth-order valence-corrected chi connectivity index (χ4v) is 1.60. The third-order valence-electron chi connectivity index (χ3n) is 3.00. The molecule has 1 N–H and O–H groups in total. The number of nitrogens with one attached hydrogen (secondary N) is 1. The number of carbonyl (C=O) groups excluding carboxylic acids is 2. The van der Waals surface area contributed by atoms with Crippen LogP contribution >= 0.6 is 0 Å². The molecule has 18 heavy (non-hydrogen) atoms. The number of hydrogen-bond donors (Lipinski definition) is 1. The largest absolute Gasteiger partial charge is 0.453 e. The molecule has 0 saturated carbocycles. The summed E-state index contributed by atoms with van der Waals surface area (Å²) in [5.41, 5.74) is 1.12. The lowest BCUT2D eigenvalue weighted by Crippen LogP contribution is -2.52. The van der Waals surface area contributed by atoms with Crippen LogP contribution in [0.3, 0.4) is 0 Å². The number of hydrogen-bond acceptors (Lipinski definition) is 3. The standard InChI is InChI=1S/C12H21N3O3/c1-4-10(2)9-13-11(16)14-5-7-15(8-6-14)12(17)18-3/h9H,4-8H2,1-3H3,(H,13,16)/b10-9+. The summed E-state index contributed by atoms with van der Waals surface area (Å²) in [5.74, 6) is 0. The highest BCUT2D eigenvalue weighted by Gasteiger charge is 2.23. The summed E-state index contributed by atoms with van der Waals surface area (Å²) >= 11 is 0. The normalized spacial score (nSPS) is 16.5. The first-order chi connectivity index (χ1) is 8.58. The average Bonchev–Trinajstić information content (AvgIpc) is 2.43. The predicted molar refractivity (Wildman–Crippen MR) is 68.1 cm³/mol. The number of amides is 3. The lowest BCUT2D eigenvalue weighted by Gasteiger charge is -2.33. The van der Waals surface area contributed by atoms with E-state index < -0.39 is 0 Å². The maximum Gasteiger partial charge on any atom is 0.409 e. The predicted octanol–water partition coefficient (Wildman–Crippen LogP) is 1.39. The van der Waals surface area contributed by atoms with Crippen molar-refractivity contribution in [2.75, 3.05) is 33.3 Å². The zero-order valence-corrected chi connectivity index (χ0v) is 11.2. The number of ether oxygens (including phenoxy) is 1. The molecule has 1 heterocycles. The van der Waals surface area contributed by atoms with E-state index in [-0.39, 0.29) is 12.1 Å². The van der Waals surface area contributed by atoms with E-state index in [2.05, 4.69) is 10.1 Å². The van der Waals surface area contributed by atoms with Crippen molar-refractivity contribution in [3.8, 4) is 0 Å². The van der Waals surface area contributed by atoms with Crippen LogP contribution in [0.2, 0.25) is 0 Å². The van der Waals surface area contributed by atoms with Gasteiger partial charge in [-0.2, -0.15) is 0 Å². The monoisotopic (exact) mass is 255 g/mol. The van der Waals surface area contributed by atoms with Gasteiger partial charge in [-0.15, -0.1) is 0 Å². The van der Waals surface area contributed by atoms with Crippen molar-refractivity contribution >= 4 is 12.1 Å². The number of methoxy groups -OCH3 is 1. The van der Waals surface area contributed by atoms with Gasteiger partial charge in [0.05, 0.1) is 7.11 Å². The quantitative estimate of drug-likeness (QED) is 0.811. The molecule has 0 aromatic rings. The Morgan fingerprint density at radius 1 is 1.22 bits per heavy atom. The Hall–Kier alpha value is -1.72. The molecule has 0 aromatic carbocycles. The summed E-state index contributed by atoms with van der Waals surface area (Å²) in [6, 6.07) is -0.118. The van der Waals surface area contributed by atoms with Crippen LogP contribution in [0.4, 0.5) is 9.59 Å². The van der Waals surface area contributed by atoms with E-state index in [1.54, 1.807) is 16.0 Å². The second kappa shape index (κ2) is 6.88. The fraction of sp³-hybridized carbons (Fsp3) is 0.667. The van der Waals surface area contributed by atoms with E-state index in [1.165, 1.54) is 7.11 Å². The molecule has 1 rings (SSSR count). The number of allylic oxidation sites excluding steroid dienone is 1. The molecule has 1 aliphatic rings. The van der Waals surface area contributed by atoms with Crippen LogP contribution in [0.1, 0.15) is 20.3 Å². The van der Waals surface area contributed by atoms with E-state index in [0.717, 1.165) is 12.0 Å². The number of piperazine rings is 1. The Labute approximate surface area is 108 Å². The molecule has 0 unspecified atom stereocenters. The minimum atomic E-state index is -0.336. The molecule has 6 nitrogen and oxygen atoms in total. The Morgan fingerprint density at radius 2 is 1.78 bits per heavy atom. The topological polar surface area (TPSA) is 61.9 Å². The first kappa shape index (κ1) is 14.3.